The molecule has 0 aromatic heterocycles. The number of methoxy groups -OCH3 is 4. The van der Waals surface area contributed by atoms with Crippen molar-refractivity contribution in [1.82, 2.24) is 0 Å². The summed E-state index contributed by atoms with van der Waals surface area (Å²) in [7, 11) is 6.27. The third kappa shape index (κ3) is 2.38. The first-order valence-corrected chi connectivity index (χ1v) is 7.17. The van der Waals surface area contributed by atoms with Crippen molar-refractivity contribution in [1.29, 1.82) is 0 Å². The summed E-state index contributed by atoms with van der Waals surface area (Å²) in [5.74, 6) is 2.26. The largest absolute Gasteiger partial charge is 0.493 e. The Morgan fingerprint density at radius 3 is 1.35 bits per heavy atom. The van der Waals surface area contributed by atoms with Gasteiger partial charge in [-0.05, 0) is 41.8 Å². The van der Waals surface area contributed by atoms with Crippen LogP contribution in [0.2, 0.25) is 0 Å². The molecule has 0 atom stereocenters. The van der Waals surface area contributed by atoms with Crippen LogP contribution in [-0.4, -0.2) is 34.2 Å². The second-order valence-corrected chi connectivity index (χ2v) is 5.23. The molecule has 120 valence electrons. The number of fused-ring (bicyclic) bond motifs is 2. The molecule has 1 aliphatic rings. The monoisotopic (exact) mass is 314 g/mol. The zero-order chi connectivity index (χ0) is 16.6. The van der Waals surface area contributed by atoms with Crippen molar-refractivity contribution in [3.8, 4) is 23.0 Å². The Bertz CT molecular complexity index is 716. The number of carbonyl (C=O) groups is 1. The van der Waals surface area contributed by atoms with Crippen LogP contribution < -0.4 is 18.9 Å². The molecule has 2 aromatic rings. The van der Waals surface area contributed by atoms with Crippen LogP contribution in [0.3, 0.4) is 0 Å². The second kappa shape index (κ2) is 5.83. The summed E-state index contributed by atoms with van der Waals surface area (Å²) in [5.41, 5.74) is 3.07. The van der Waals surface area contributed by atoms with Gasteiger partial charge in [-0.15, -0.1) is 0 Å². The molecule has 2 aromatic carbocycles. The first-order valence-electron chi connectivity index (χ1n) is 7.17. The Labute approximate surface area is 134 Å². The molecule has 1 aliphatic carbocycles. The summed E-state index contributed by atoms with van der Waals surface area (Å²) >= 11 is 0. The maximum Gasteiger partial charge on any atom is 0.193 e. The molecule has 23 heavy (non-hydrogen) atoms. The number of hydrogen-bond acceptors (Lipinski definition) is 5. The van der Waals surface area contributed by atoms with Gasteiger partial charge in [0.1, 0.15) is 0 Å². The minimum Gasteiger partial charge on any atom is -0.493 e. The maximum absolute atomic E-state index is 12.9. The van der Waals surface area contributed by atoms with Crippen molar-refractivity contribution in [3.63, 3.8) is 0 Å². The summed E-state index contributed by atoms with van der Waals surface area (Å²) in [6.07, 6.45) is 0.622. The Balaban J connectivity index is 2.16. The van der Waals surface area contributed by atoms with Crippen LogP contribution in [0.4, 0.5) is 0 Å². The molecular formula is C18H18O5. The normalized spacial score (nSPS) is 12.3. The highest BCUT2D eigenvalue weighted by molar-refractivity contribution is 6.13. The Kier molecular flexibility index (Phi) is 3.86. The molecule has 0 saturated carbocycles. The number of ether oxygens (including phenoxy) is 4. The van der Waals surface area contributed by atoms with Gasteiger partial charge in [-0.1, -0.05) is 0 Å². The molecule has 0 unspecified atom stereocenters. The first kappa shape index (κ1) is 15.2. The third-order valence-corrected chi connectivity index (χ3v) is 4.09. The van der Waals surface area contributed by atoms with Gasteiger partial charge in [-0.2, -0.15) is 0 Å². The van der Waals surface area contributed by atoms with Crippen LogP contribution in [0.5, 0.6) is 23.0 Å². The summed E-state index contributed by atoms with van der Waals surface area (Å²) < 4.78 is 21.2. The standard InChI is InChI=1S/C18H18O5/c1-20-14-6-10-5-11-7-15(21-2)17(23-4)9-13(11)18(19)12(10)8-16(14)22-3/h6-9H,5H2,1-4H3. The fourth-order valence-corrected chi connectivity index (χ4v) is 2.91. The number of carbonyl (C=O) groups excluding carboxylic acids is 1. The van der Waals surface area contributed by atoms with Gasteiger partial charge in [0, 0.05) is 11.1 Å². The van der Waals surface area contributed by atoms with E-state index in [1.807, 2.05) is 12.1 Å². The number of benzene rings is 2. The van der Waals surface area contributed by atoms with Crippen LogP contribution in [0.1, 0.15) is 27.0 Å². The topological polar surface area (TPSA) is 54.0 Å². The van der Waals surface area contributed by atoms with Gasteiger partial charge >= 0.3 is 0 Å². The molecule has 0 heterocycles. The van der Waals surface area contributed by atoms with E-state index in [4.69, 9.17) is 18.9 Å². The quantitative estimate of drug-likeness (QED) is 0.741. The Hall–Kier alpha value is -2.69. The summed E-state index contributed by atoms with van der Waals surface area (Å²) in [6.45, 7) is 0. The molecule has 0 saturated heterocycles. The fourth-order valence-electron chi connectivity index (χ4n) is 2.91. The van der Waals surface area contributed by atoms with E-state index in [0.717, 1.165) is 11.1 Å². The highest BCUT2D eigenvalue weighted by Crippen LogP contribution is 2.39. The average molecular weight is 314 g/mol. The minimum atomic E-state index is -0.0526. The number of hydrogen-bond donors (Lipinski definition) is 0. The predicted octanol–water partition coefficient (Wildman–Crippen LogP) is 2.86. The van der Waals surface area contributed by atoms with E-state index in [1.54, 1.807) is 40.6 Å². The van der Waals surface area contributed by atoms with Crippen molar-refractivity contribution in [2.24, 2.45) is 0 Å². The summed E-state index contributed by atoms with van der Waals surface area (Å²) in [6, 6.07) is 7.17. The molecular weight excluding hydrogens is 296 g/mol. The highest BCUT2D eigenvalue weighted by atomic mass is 16.5. The van der Waals surface area contributed by atoms with E-state index in [1.165, 1.54) is 0 Å². The molecule has 0 amide bonds. The van der Waals surface area contributed by atoms with Crippen molar-refractivity contribution >= 4 is 5.78 Å². The highest BCUT2D eigenvalue weighted by Gasteiger charge is 2.27. The molecule has 0 aliphatic heterocycles. The summed E-state index contributed by atoms with van der Waals surface area (Å²) in [4.78, 5) is 12.9. The molecule has 0 N–H and O–H groups in total. The maximum atomic E-state index is 12.9. The van der Waals surface area contributed by atoms with Gasteiger partial charge < -0.3 is 18.9 Å². The molecule has 5 nitrogen and oxygen atoms in total. The van der Waals surface area contributed by atoms with Crippen molar-refractivity contribution in [2.75, 3.05) is 28.4 Å². The molecule has 0 spiro atoms. The van der Waals surface area contributed by atoms with Gasteiger partial charge in [0.05, 0.1) is 28.4 Å². The van der Waals surface area contributed by atoms with Gasteiger partial charge in [0.2, 0.25) is 0 Å². The van der Waals surface area contributed by atoms with Crippen LogP contribution in [0.25, 0.3) is 0 Å². The predicted molar refractivity (Wildman–Crippen MR) is 85.3 cm³/mol. The van der Waals surface area contributed by atoms with Crippen molar-refractivity contribution in [2.45, 2.75) is 6.42 Å². The van der Waals surface area contributed by atoms with E-state index < -0.39 is 0 Å². The average Bonchev–Trinajstić information content (AvgIpc) is 2.59. The van der Waals surface area contributed by atoms with Crippen molar-refractivity contribution in [3.05, 3.63) is 46.5 Å². The van der Waals surface area contributed by atoms with Gasteiger partial charge in [-0.3, -0.25) is 4.79 Å². The lowest BCUT2D eigenvalue weighted by atomic mass is 9.84. The molecule has 5 heteroatoms. The molecule has 3 rings (SSSR count). The lowest BCUT2D eigenvalue weighted by Crippen LogP contribution is -2.16. The van der Waals surface area contributed by atoms with Crippen LogP contribution >= 0.6 is 0 Å². The van der Waals surface area contributed by atoms with E-state index in [-0.39, 0.29) is 5.78 Å². The number of ketones is 1. The molecule has 0 bridgehead atoms. The Morgan fingerprint density at radius 1 is 0.652 bits per heavy atom. The van der Waals surface area contributed by atoms with Crippen molar-refractivity contribution < 1.29 is 23.7 Å². The third-order valence-electron chi connectivity index (χ3n) is 4.09. The Morgan fingerprint density at radius 2 is 1.00 bits per heavy atom. The van der Waals surface area contributed by atoms with Crippen LogP contribution in [-0.2, 0) is 6.42 Å². The lowest BCUT2D eigenvalue weighted by Gasteiger charge is -2.22. The molecule has 0 fully saturated rings. The summed E-state index contributed by atoms with van der Waals surface area (Å²) in [5, 5.41) is 0. The van der Waals surface area contributed by atoms with Crippen LogP contribution in [0, 0.1) is 0 Å². The minimum absolute atomic E-state index is 0.0526. The van der Waals surface area contributed by atoms with E-state index in [2.05, 4.69) is 0 Å². The first-order chi connectivity index (χ1) is 11.1. The molecule has 0 radical (unpaired) electrons. The zero-order valence-electron chi connectivity index (χ0n) is 13.6. The SMILES string of the molecule is COc1cc2c(cc1OC)C(=O)c1cc(OC)c(OC)cc1C2. The van der Waals surface area contributed by atoms with Gasteiger partial charge in [0.25, 0.3) is 0 Å². The fraction of sp³-hybridized carbons (Fsp3) is 0.278. The van der Waals surface area contributed by atoms with E-state index in [0.29, 0.717) is 40.5 Å². The van der Waals surface area contributed by atoms with E-state index in [9.17, 15) is 4.79 Å². The van der Waals surface area contributed by atoms with Gasteiger partial charge in [0.15, 0.2) is 28.8 Å². The van der Waals surface area contributed by atoms with Crippen LogP contribution in [0.15, 0.2) is 24.3 Å². The number of rotatable bonds is 4. The van der Waals surface area contributed by atoms with E-state index >= 15 is 0 Å². The smallest absolute Gasteiger partial charge is 0.193 e. The van der Waals surface area contributed by atoms with Gasteiger partial charge in [-0.25, -0.2) is 0 Å². The lowest BCUT2D eigenvalue weighted by molar-refractivity contribution is 0.103. The second-order valence-electron chi connectivity index (χ2n) is 5.23. The zero-order valence-corrected chi connectivity index (χ0v) is 13.6.